The number of aliphatic hydroxyl groups is 1. The van der Waals surface area contributed by atoms with Crippen LogP contribution in [0.4, 0.5) is 0 Å². The van der Waals surface area contributed by atoms with Crippen molar-refractivity contribution in [2.75, 3.05) is 0 Å². The minimum Gasteiger partial charge on any atom is -0.391 e. The summed E-state index contributed by atoms with van der Waals surface area (Å²) >= 11 is 5.94. The van der Waals surface area contributed by atoms with Gasteiger partial charge in [0.25, 0.3) is 0 Å². The van der Waals surface area contributed by atoms with Crippen molar-refractivity contribution in [2.24, 2.45) is 5.73 Å². The SMILES string of the molecule is Cc1ccc(Cl)c([C@@H](N)[C@@H](C)O)c1. The molecular weight excluding hydrogens is 186 g/mol. The van der Waals surface area contributed by atoms with Crippen molar-refractivity contribution in [1.82, 2.24) is 0 Å². The molecule has 72 valence electrons. The molecule has 0 fully saturated rings. The zero-order chi connectivity index (χ0) is 10.0. The van der Waals surface area contributed by atoms with Crippen LogP contribution in [0, 0.1) is 6.92 Å². The lowest BCUT2D eigenvalue weighted by Crippen LogP contribution is -2.23. The van der Waals surface area contributed by atoms with Gasteiger partial charge in [0.1, 0.15) is 0 Å². The van der Waals surface area contributed by atoms with Gasteiger partial charge in [0.05, 0.1) is 12.1 Å². The summed E-state index contributed by atoms with van der Waals surface area (Å²) in [6.45, 7) is 3.62. The normalized spacial score (nSPS) is 15.5. The fourth-order valence-electron chi connectivity index (χ4n) is 1.18. The molecule has 0 saturated carbocycles. The molecular formula is C10H14ClNO. The van der Waals surface area contributed by atoms with Crippen molar-refractivity contribution in [3.05, 3.63) is 34.3 Å². The van der Waals surface area contributed by atoms with Crippen LogP contribution in [0.15, 0.2) is 18.2 Å². The Morgan fingerprint density at radius 1 is 1.46 bits per heavy atom. The second-order valence-electron chi connectivity index (χ2n) is 3.29. The zero-order valence-corrected chi connectivity index (χ0v) is 8.55. The van der Waals surface area contributed by atoms with Gasteiger partial charge in [-0.3, -0.25) is 0 Å². The van der Waals surface area contributed by atoms with E-state index < -0.39 is 12.1 Å². The van der Waals surface area contributed by atoms with E-state index in [9.17, 15) is 5.11 Å². The highest BCUT2D eigenvalue weighted by Crippen LogP contribution is 2.24. The number of hydrogen-bond acceptors (Lipinski definition) is 2. The molecule has 3 N–H and O–H groups in total. The molecule has 0 unspecified atom stereocenters. The van der Waals surface area contributed by atoms with Crippen molar-refractivity contribution in [1.29, 1.82) is 0 Å². The number of nitrogens with two attached hydrogens (primary N) is 1. The predicted octanol–water partition coefficient (Wildman–Crippen LogP) is 2.03. The van der Waals surface area contributed by atoms with Gasteiger partial charge in [0, 0.05) is 5.02 Å². The Morgan fingerprint density at radius 2 is 2.08 bits per heavy atom. The zero-order valence-electron chi connectivity index (χ0n) is 7.79. The van der Waals surface area contributed by atoms with Crippen molar-refractivity contribution >= 4 is 11.6 Å². The largest absolute Gasteiger partial charge is 0.391 e. The van der Waals surface area contributed by atoms with E-state index in [1.54, 1.807) is 13.0 Å². The van der Waals surface area contributed by atoms with E-state index in [4.69, 9.17) is 17.3 Å². The first-order chi connectivity index (χ1) is 6.02. The Bertz CT molecular complexity index is 299. The Labute approximate surface area is 83.3 Å². The van der Waals surface area contributed by atoms with E-state index in [-0.39, 0.29) is 0 Å². The minimum absolute atomic E-state index is 0.410. The average molecular weight is 200 g/mol. The predicted molar refractivity (Wildman–Crippen MR) is 54.8 cm³/mol. The molecule has 0 aliphatic rings. The lowest BCUT2D eigenvalue weighted by atomic mass is 10.0. The molecule has 2 atom stereocenters. The molecule has 0 aromatic heterocycles. The third-order valence-electron chi connectivity index (χ3n) is 2.03. The smallest absolute Gasteiger partial charge is 0.0705 e. The monoisotopic (exact) mass is 199 g/mol. The molecule has 2 nitrogen and oxygen atoms in total. The molecule has 3 heteroatoms. The third-order valence-corrected chi connectivity index (χ3v) is 2.37. The summed E-state index contributed by atoms with van der Waals surface area (Å²) in [6.07, 6.45) is -0.584. The fraction of sp³-hybridized carbons (Fsp3) is 0.400. The van der Waals surface area contributed by atoms with Crippen molar-refractivity contribution < 1.29 is 5.11 Å². The van der Waals surface area contributed by atoms with Crippen LogP contribution >= 0.6 is 11.6 Å². The highest BCUT2D eigenvalue weighted by atomic mass is 35.5. The van der Waals surface area contributed by atoms with Crippen molar-refractivity contribution in [3.63, 3.8) is 0 Å². The molecule has 1 aromatic rings. The van der Waals surface area contributed by atoms with Gasteiger partial charge in [-0.05, 0) is 25.5 Å². The summed E-state index contributed by atoms with van der Waals surface area (Å²) in [5, 5.41) is 9.92. The summed E-state index contributed by atoms with van der Waals surface area (Å²) in [5.41, 5.74) is 7.67. The van der Waals surface area contributed by atoms with Gasteiger partial charge in [-0.1, -0.05) is 29.3 Å². The van der Waals surface area contributed by atoms with Gasteiger partial charge in [-0.25, -0.2) is 0 Å². The fourth-order valence-corrected chi connectivity index (χ4v) is 1.42. The summed E-state index contributed by atoms with van der Waals surface area (Å²) in [4.78, 5) is 0. The standard InChI is InChI=1S/C10H14ClNO/c1-6-3-4-9(11)8(5-6)10(12)7(2)13/h3-5,7,10,13H,12H2,1-2H3/t7-,10+/m1/s1. The Hall–Kier alpha value is -0.570. The Kier molecular flexibility index (Phi) is 3.31. The molecule has 0 amide bonds. The van der Waals surface area contributed by atoms with Crippen LogP contribution in [0.1, 0.15) is 24.1 Å². The molecule has 0 saturated heterocycles. The minimum atomic E-state index is -0.584. The second-order valence-corrected chi connectivity index (χ2v) is 3.70. The van der Waals surface area contributed by atoms with Gasteiger partial charge >= 0.3 is 0 Å². The van der Waals surface area contributed by atoms with E-state index in [0.29, 0.717) is 5.02 Å². The molecule has 0 heterocycles. The second kappa shape index (κ2) is 4.09. The van der Waals surface area contributed by atoms with Crippen molar-refractivity contribution in [3.8, 4) is 0 Å². The van der Waals surface area contributed by atoms with Crippen molar-refractivity contribution in [2.45, 2.75) is 26.0 Å². The topological polar surface area (TPSA) is 46.2 Å². The molecule has 0 bridgehead atoms. The number of hydrogen-bond donors (Lipinski definition) is 2. The van der Waals surface area contributed by atoms with Gasteiger partial charge in [-0.2, -0.15) is 0 Å². The van der Waals surface area contributed by atoms with Gasteiger partial charge in [0.2, 0.25) is 0 Å². The quantitative estimate of drug-likeness (QED) is 0.766. The average Bonchev–Trinajstić information content (AvgIpc) is 2.08. The summed E-state index contributed by atoms with van der Waals surface area (Å²) in [5.74, 6) is 0. The van der Waals surface area contributed by atoms with Crippen LogP contribution in [0.25, 0.3) is 0 Å². The molecule has 0 aliphatic heterocycles. The van der Waals surface area contributed by atoms with E-state index in [2.05, 4.69) is 0 Å². The third kappa shape index (κ3) is 2.44. The number of benzene rings is 1. The lowest BCUT2D eigenvalue weighted by molar-refractivity contribution is 0.164. The number of aliphatic hydroxyl groups excluding tert-OH is 1. The maximum absolute atomic E-state index is 9.31. The molecule has 1 rings (SSSR count). The van der Waals surface area contributed by atoms with Gasteiger partial charge in [-0.15, -0.1) is 0 Å². The van der Waals surface area contributed by atoms with E-state index >= 15 is 0 Å². The molecule has 0 radical (unpaired) electrons. The van der Waals surface area contributed by atoms with E-state index in [0.717, 1.165) is 11.1 Å². The van der Waals surface area contributed by atoms with Gasteiger partial charge in [0.15, 0.2) is 0 Å². The number of aryl methyl sites for hydroxylation is 1. The molecule has 13 heavy (non-hydrogen) atoms. The van der Waals surface area contributed by atoms with Crippen LogP contribution < -0.4 is 5.73 Å². The van der Waals surface area contributed by atoms with Crippen LogP contribution in [-0.4, -0.2) is 11.2 Å². The first-order valence-corrected chi connectivity index (χ1v) is 4.60. The van der Waals surface area contributed by atoms with E-state index in [1.807, 2.05) is 19.1 Å². The van der Waals surface area contributed by atoms with Gasteiger partial charge < -0.3 is 10.8 Å². The maximum Gasteiger partial charge on any atom is 0.0705 e. The molecule has 1 aromatic carbocycles. The first-order valence-electron chi connectivity index (χ1n) is 4.22. The number of halogens is 1. The Balaban J connectivity index is 3.05. The summed E-state index contributed by atoms with van der Waals surface area (Å²) in [7, 11) is 0. The highest BCUT2D eigenvalue weighted by Gasteiger charge is 2.14. The highest BCUT2D eigenvalue weighted by molar-refractivity contribution is 6.31. The Morgan fingerprint density at radius 3 is 2.62 bits per heavy atom. The first kappa shape index (κ1) is 10.5. The van der Waals surface area contributed by atoms with Crippen LogP contribution in [0.2, 0.25) is 5.02 Å². The lowest BCUT2D eigenvalue weighted by Gasteiger charge is -2.16. The van der Waals surface area contributed by atoms with Crippen LogP contribution in [0.3, 0.4) is 0 Å². The van der Waals surface area contributed by atoms with Crippen LogP contribution in [-0.2, 0) is 0 Å². The maximum atomic E-state index is 9.31. The van der Waals surface area contributed by atoms with Crippen LogP contribution in [0.5, 0.6) is 0 Å². The summed E-state index contributed by atoms with van der Waals surface area (Å²) in [6, 6.07) is 5.21. The van der Waals surface area contributed by atoms with E-state index in [1.165, 1.54) is 0 Å². The molecule has 0 spiro atoms. The molecule has 0 aliphatic carbocycles. The summed E-state index contributed by atoms with van der Waals surface area (Å²) < 4.78 is 0. The number of rotatable bonds is 2.